The molecule has 3 aromatic rings. The van der Waals surface area contributed by atoms with Gasteiger partial charge in [0.1, 0.15) is 29.9 Å². The van der Waals surface area contributed by atoms with Crippen molar-refractivity contribution < 1.29 is 109 Å². The molecule has 6 rings (SSSR count). The van der Waals surface area contributed by atoms with Gasteiger partial charge >= 0.3 is 21.2 Å². The number of carbonyl (C=O) groups excluding carboxylic acids is 2. The summed E-state index contributed by atoms with van der Waals surface area (Å²) in [5, 5.41) is 33.8. The predicted octanol–water partition coefficient (Wildman–Crippen LogP) is 0.845. The topological polar surface area (TPSA) is 366 Å². The molecular formula is C45H67ClF3N9O20P2. The number of hydrogen-bond acceptors (Lipinski definition) is 24. The number of benzene rings is 1. The fourth-order valence-corrected chi connectivity index (χ4v) is 10.8. The van der Waals surface area contributed by atoms with E-state index in [0.29, 0.717) is 116 Å². The van der Waals surface area contributed by atoms with Crippen molar-refractivity contribution in [3.8, 4) is 5.75 Å². The summed E-state index contributed by atoms with van der Waals surface area (Å²) < 4.78 is 124. The summed E-state index contributed by atoms with van der Waals surface area (Å²) in [4.78, 5) is 61.5. The van der Waals surface area contributed by atoms with E-state index in [1.165, 1.54) is 6.20 Å². The van der Waals surface area contributed by atoms with Crippen LogP contribution in [0.15, 0.2) is 30.2 Å². The van der Waals surface area contributed by atoms with Crippen LogP contribution in [0.25, 0.3) is 11.0 Å². The molecule has 7 atom stereocenters. The van der Waals surface area contributed by atoms with E-state index in [1.807, 2.05) is 11.2 Å². The Morgan fingerprint density at radius 3 is 2.04 bits per heavy atom. The van der Waals surface area contributed by atoms with Gasteiger partial charge in [0.25, 0.3) is 0 Å². The van der Waals surface area contributed by atoms with Crippen molar-refractivity contribution in [1.82, 2.24) is 41.0 Å². The molecular weight excluding hydrogens is 1140 g/mol. The first-order valence-corrected chi connectivity index (χ1v) is 29.2. The van der Waals surface area contributed by atoms with Gasteiger partial charge in [-0.25, -0.2) is 17.9 Å². The normalized spacial score (nSPS) is 21.0. The summed E-state index contributed by atoms with van der Waals surface area (Å²) in [6.45, 7) is 4.93. The number of carbonyl (C=O) groups is 2. The number of fused-ring (bicyclic) bond motifs is 1. The van der Waals surface area contributed by atoms with Crippen molar-refractivity contribution in [2.75, 3.05) is 137 Å². The zero-order valence-corrected chi connectivity index (χ0v) is 45.8. The molecule has 0 bridgehead atoms. The van der Waals surface area contributed by atoms with Crippen molar-refractivity contribution in [1.29, 1.82) is 0 Å². The minimum Gasteiger partial charge on any atom is -0.420 e. The maximum absolute atomic E-state index is 13.6. The Labute approximate surface area is 461 Å². The average Bonchev–Trinajstić information content (AvgIpc) is 4.30. The molecule has 4 heterocycles. The second kappa shape index (κ2) is 33.1. The fourth-order valence-electron chi connectivity index (χ4n) is 8.03. The zero-order chi connectivity index (χ0) is 57.5. The largest absolute Gasteiger partial charge is 0.420 e. The van der Waals surface area contributed by atoms with Crippen LogP contribution in [-0.2, 0) is 65.9 Å². The van der Waals surface area contributed by atoms with Crippen molar-refractivity contribution in [3.05, 3.63) is 53.0 Å². The van der Waals surface area contributed by atoms with Gasteiger partial charge in [-0.3, -0.25) is 23.7 Å². The maximum atomic E-state index is 13.6. The first kappa shape index (κ1) is 64.9. The summed E-state index contributed by atoms with van der Waals surface area (Å²) in [5.74, 6) is -7.44. The van der Waals surface area contributed by atoms with Crippen molar-refractivity contribution in [2.24, 2.45) is 5.92 Å². The zero-order valence-electron chi connectivity index (χ0n) is 43.2. The van der Waals surface area contributed by atoms with Gasteiger partial charge in [-0.1, -0.05) is 6.42 Å². The Bertz CT molecular complexity index is 2540. The number of esters is 1. The lowest BCUT2D eigenvalue weighted by molar-refractivity contribution is -0.136. The Morgan fingerprint density at radius 2 is 1.40 bits per heavy atom. The Kier molecular flexibility index (Phi) is 26.9. The minimum atomic E-state index is -4.91. The van der Waals surface area contributed by atoms with E-state index in [2.05, 4.69) is 41.4 Å². The van der Waals surface area contributed by atoms with Gasteiger partial charge in [0.05, 0.1) is 148 Å². The van der Waals surface area contributed by atoms with Crippen LogP contribution < -0.4 is 26.3 Å². The van der Waals surface area contributed by atoms with Gasteiger partial charge < -0.3 is 92.8 Å². The molecule has 1 amide bonds. The molecule has 1 saturated carbocycles. The van der Waals surface area contributed by atoms with E-state index in [0.717, 1.165) is 16.8 Å². The summed E-state index contributed by atoms with van der Waals surface area (Å²) in [6.07, 6.45) is -1.07. The van der Waals surface area contributed by atoms with Crippen LogP contribution in [0, 0.1) is 23.4 Å². The maximum Gasteiger partial charge on any atom is 0.340 e. The fraction of sp³-hybridized carbons (Fsp3) is 0.667. The number of halogens is 4. The van der Waals surface area contributed by atoms with Gasteiger partial charge in [0.15, 0.2) is 29.4 Å². The van der Waals surface area contributed by atoms with Gasteiger partial charge in [-0.15, -0.1) is 5.53 Å². The summed E-state index contributed by atoms with van der Waals surface area (Å²) >= 11 is 6.29. The molecule has 35 heteroatoms. The molecule has 450 valence electrons. The van der Waals surface area contributed by atoms with E-state index in [1.54, 1.807) is 0 Å². The van der Waals surface area contributed by atoms with Crippen LogP contribution >= 0.6 is 26.8 Å². The molecule has 29 nitrogen and oxygen atoms in total. The smallest absolute Gasteiger partial charge is 0.340 e. The Morgan fingerprint density at radius 1 is 0.800 bits per heavy atom. The SMILES string of the molecule is O=C(CCOCCOCCOCCOCCN1C=C(COCCOCCOCCOCCNC(=O)[C@H]2CCC[C@@H]2Nc2nc(Cl)nc3c2cnn3[C@@H]2O[C@H](COP(=O)(O)CP(=O)(O)O)[C@@H](O)[C@H]2O)NN1)Oc1c(F)cc(F)cc1F. The molecule has 1 aromatic carbocycles. The molecule has 0 radical (unpaired) electrons. The summed E-state index contributed by atoms with van der Waals surface area (Å²) in [6, 6.07) is 0.489. The van der Waals surface area contributed by atoms with E-state index in [9.17, 15) is 47.0 Å². The highest BCUT2D eigenvalue weighted by atomic mass is 35.5. The lowest BCUT2D eigenvalue weighted by Crippen LogP contribution is -2.39. The quantitative estimate of drug-likeness (QED) is 0.0126. The summed E-state index contributed by atoms with van der Waals surface area (Å²) in [7, 11) is -9.68. The third-order valence-corrected chi connectivity index (χ3v) is 15.4. The predicted molar refractivity (Wildman–Crippen MR) is 271 cm³/mol. The van der Waals surface area contributed by atoms with Crippen LogP contribution in [0.2, 0.25) is 5.28 Å². The molecule has 1 saturated heterocycles. The molecule has 2 fully saturated rings. The number of nitrogens with zero attached hydrogens (tertiary/aromatic N) is 5. The lowest BCUT2D eigenvalue weighted by atomic mass is 10.0. The van der Waals surface area contributed by atoms with Crippen molar-refractivity contribution >= 4 is 55.5 Å². The number of aliphatic hydroxyl groups is 2. The van der Waals surface area contributed by atoms with Gasteiger partial charge in [-0.2, -0.15) is 15.1 Å². The van der Waals surface area contributed by atoms with Crippen LogP contribution in [0.5, 0.6) is 5.75 Å². The molecule has 2 aromatic heterocycles. The van der Waals surface area contributed by atoms with Crippen molar-refractivity contribution in [3.63, 3.8) is 0 Å². The average molecular weight is 1210 g/mol. The highest BCUT2D eigenvalue weighted by Crippen LogP contribution is 2.55. The number of aliphatic hydroxyl groups excluding tert-OH is 2. The number of anilines is 1. The van der Waals surface area contributed by atoms with E-state index in [4.69, 9.17) is 68.5 Å². The number of hydrazine groups is 2. The Hall–Kier alpha value is -4.25. The van der Waals surface area contributed by atoms with E-state index >= 15 is 0 Å². The van der Waals surface area contributed by atoms with Crippen LogP contribution in [0.4, 0.5) is 19.0 Å². The third-order valence-electron chi connectivity index (χ3n) is 11.8. The number of aromatic nitrogens is 4. The second-order valence-electron chi connectivity index (χ2n) is 17.9. The molecule has 2 aliphatic heterocycles. The third kappa shape index (κ3) is 21.8. The van der Waals surface area contributed by atoms with Gasteiger partial charge in [0.2, 0.25) is 16.9 Å². The molecule has 1 unspecified atom stereocenters. The van der Waals surface area contributed by atoms with Crippen molar-refractivity contribution in [2.45, 2.75) is 56.3 Å². The highest BCUT2D eigenvalue weighted by Gasteiger charge is 2.46. The second-order valence-corrected chi connectivity index (χ2v) is 22.2. The minimum absolute atomic E-state index is 0.0617. The number of amides is 1. The molecule has 80 heavy (non-hydrogen) atoms. The van der Waals surface area contributed by atoms with Gasteiger partial charge in [0, 0.05) is 30.9 Å². The molecule has 1 aliphatic carbocycles. The monoisotopic (exact) mass is 1210 g/mol. The highest BCUT2D eigenvalue weighted by molar-refractivity contribution is 7.70. The number of rotatable bonds is 39. The lowest BCUT2D eigenvalue weighted by Gasteiger charge is -2.21. The summed E-state index contributed by atoms with van der Waals surface area (Å²) in [5.41, 5.74) is 6.96. The Balaban J connectivity index is 0.715. The van der Waals surface area contributed by atoms with Gasteiger partial charge in [-0.05, 0) is 24.4 Å². The number of nitrogens with one attached hydrogen (secondary N) is 4. The first-order valence-electron chi connectivity index (χ1n) is 25.3. The first-order chi connectivity index (χ1) is 38.4. The molecule has 0 spiro atoms. The van der Waals surface area contributed by atoms with E-state index in [-0.39, 0.29) is 68.1 Å². The standard InChI is InChI=1S/C45H67ClF3N9O20P2/c46-45-53-41(32-24-51-58(42(32)54-45)44-39(61)38(60)36(77-44)27-76-80(66,67)28-79(63,64)65)52-35-3-1-2-31(35)43(62)50-5-8-69-11-14-72-18-19-74-20-21-75-26-30-25-57(56-55-30)6-9-70-12-15-73-17-16-71-13-10-68-7-4-37(59)78-40-33(48)22-29(47)23-34(40)49/h22-25,31,35-36,38-39,44,55-56,60-61H,1-21,26-28H2,(H,50,62)(H,66,67)(H,52,53,54)(H2,63,64,65)/t31-,35-,36+,38+,39+,44+/m0/s1. The van der Waals surface area contributed by atoms with Crippen LogP contribution in [0.1, 0.15) is 31.9 Å². The molecule has 9 N–H and O–H groups in total. The van der Waals surface area contributed by atoms with Crippen LogP contribution in [0.3, 0.4) is 0 Å². The van der Waals surface area contributed by atoms with Crippen LogP contribution in [-0.4, -0.2) is 217 Å². The number of hydrogen-bond donors (Lipinski definition) is 9. The number of ether oxygens (including phenoxy) is 10. The molecule has 3 aliphatic rings. The van der Waals surface area contributed by atoms with E-state index < -0.39 is 87.3 Å².